The molecule has 17 heavy (non-hydrogen) atoms. The van der Waals surface area contributed by atoms with E-state index in [1.807, 2.05) is 31.4 Å². The highest BCUT2D eigenvalue weighted by Gasteiger charge is 2.30. The van der Waals surface area contributed by atoms with Crippen molar-refractivity contribution in [2.45, 2.75) is 18.5 Å². The van der Waals surface area contributed by atoms with E-state index >= 15 is 0 Å². The molecule has 2 atom stereocenters. The first-order valence-corrected chi connectivity index (χ1v) is 6.14. The predicted molar refractivity (Wildman–Crippen MR) is 68.0 cm³/mol. The summed E-state index contributed by atoms with van der Waals surface area (Å²) < 4.78 is 14.1. The highest BCUT2D eigenvalue weighted by atomic mass is 19.1. The van der Waals surface area contributed by atoms with Crippen LogP contribution in [0.3, 0.4) is 0 Å². The van der Waals surface area contributed by atoms with Crippen LogP contribution in [-0.2, 0) is 0 Å². The second kappa shape index (κ2) is 4.15. The molecule has 0 radical (unpaired) electrons. The first-order chi connectivity index (χ1) is 8.25. The number of para-hydroxylation sites is 1. The Bertz CT molecular complexity index is 520. The molecule has 0 aliphatic carbocycles. The molecule has 2 aromatic rings. The lowest BCUT2D eigenvalue weighted by atomic mass is 9.88. The Hall–Kier alpha value is -1.35. The van der Waals surface area contributed by atoms with Crippen LogP contribution in [0, 0.1) is 0 Å². The molecule has 1 aromatic heterocycles. The molecule has 2 nitrogen and oxygen atoms in total. The molecule has 3 rings (SSSR count). The van der Waals surface area contributed by atoms with Crippen molar-refractivity contribution < 1.29 is 4.39 Å². The van der Waals surface area contributed by atoms with E-state index in [-0.39, 0.29) is 5.92 Å². The summed E-state index contributed by atoms with van der Waals surface area (Å²) in [5.74, 6) is 0.0438. The van der Waals surface area contributed by atoms with Crippen LogP contribution >= 0.6 is 0 Å². The van der Waals surface area contributed by atoms with E-state index in [0.717, 1.165) is 24.0 Å². The van der Waals surface area contributed by atoms with Gasteiger partial charge in [0.15, 0.2) is 0 Å². The molecule has 1 aromatic carbocycles. The van der Waals surface area contributed by atoms with Crippen LogP contribution in [0.2, 0.25) is 0 Å². The normalized spacial score (nSPS) is 26.5. The molecule has 90 valence electrons. The van der Waals surface area contributed by atoms with Crippen LogP contribution in [0.25, 0.3) is 10.9 Å². The Morgan fingerprint density at radius 3 is 3.00 bits per heavy atom. The van der Waals surface area contributed by atoms with Gasteiger partial charge in [0.2, 0.25) is 0 Å². The molecule has 1 aliphatic heterocycles. The van der Waals surface area contributed by atoms with Gasteiger partial charge in [-0.25, -0.2) is 4.39 Å². The molecule has 3 heteroatoms. The standard InChI is InChI=1S/C14H17FN2/c1-17-7-6-10(13(15)9-17)12-8-16-14-5-3-2-4-11(12)14/h2-5,8,10,13,16H,6-7,9H2,1H3. The van der Waals surface area contributed by atoms with Crippen LogP contribution < -0.4 is 0 Å². The third-order valence-electron chi connectivity index (χ3n) is 3.77. The van der Waals surface area contributed by atoms with E-state index in [0.29, 0.717) is 6.54 Å². The number of alkyl halides is 1. The topological polar surface area (TPSA) is 19.0 Å². The lowest BCUT2D eigenvalue weighted by Crippen LogP contribution is -2.38. The van der Waals surface area contributed by atoms with Gasteiger partial charge in [-0.2, -0.15) is 0 Å². The highest BCUT2D eigenvalue weighted by Crippen LogP contribution is 2.34. The molecule has 2 heterocycles. The number of nitrogens with zero attached hydrogens (tertiary/aromatic N) is 1. The SMILES string of the molecule is CN1CCC(c2c[nH]c3ccccc23)C(F)C1. The number of H-pyrrole nitrogens is 1. The van der Waals surface area contributed by atoms with Crippen molar-refractivity contribution in [3.63, 3.8) is 0 Å². The number of piperidine rings is 1. The fourth-order valence-corrected chi connectivity index (χ4v) is 2.81. The Morgan fingerprint density at radius 2 is 2.18 bits per heavy atom. The number of aromatic nitrogens is 1. The van der Waals surface area contributed by atoms with E-state index in [9.17, 15) is 4.39 Å². The molecule has 1 aliphatic rings. The van der Waals surface area contributed by atoms with E-state index in [4.69, 9.17) is 0 Å². The third-order valence-corrected chi connectivity index (χ3v) is 3.77. The van der Waals surface area contributed by atoms with Crippen molar-refractivity contribution in [3.8, 4) is 0 Å². The van der Waals surface area contributed by atoms with Gasteiger partial charge < -0.3 is 9.88 Å². The first kappa shape index (κ1) is 10.8. The number of hydrogen-bond donors (Lipinski definition) is 1. The minimum atomic E-state index is -0.757. The molecule has 1 fully saturated rings. The number of halogens is 1. The molecule has 0 amide bonds. The molecule has 0 saturated carbocycles. The summed E-state index contributed by atoms with van der Waals surface area (Å²) in [5.41, 5.74) is 2.25. The van der Waals surface area contributed by atoms with Gasteiger partial charge in [0, 0.05) is 29.6 Å². The second-order valence-corrected chi connectivity index (χ2v) is 4.96. The largest absolute Gasteiger partial charge is 0.361 e. The van der Waals surface area contributed by atoms with Crippen LogP contribution in [0.4, 0.5) is 4.39 Å². The third kappa shape index (κ3) is 1.84. The second-order valence-electron chi connectivity index (χ2n) is 4.96. The number of benzene rings is 1. The van der Waals surface area contributed by atoms with Crippen molar-refractivity contribution in [2.75, 3.05) is 20.1 Å². The average Bonchev–Trinajstić information content (AvgIpc) is 2.73. The van der Waals surface area contributed by atoms with Crippen molar-refractivity contribution in [2.24, 2.45) is 0 Å². The summed E-state index contributed by atoms with van der Waals surface area (Å²) in [6, 6.07) is 8.14. The lowest BCUT2D eigenvalue weighted by Gasteiger charge is -2.32. The number of nitrogens with one attached hydrogen (secondary N) is 1. The molecular formula is C14H17FN2. The Labute approximate surface area is 100 Å². The van der Waals surface area contributed by atoms with Gasteiger partial charge >= 0.3 is 0 Å². The zero-order chi connectivity index (χ0) is 11.8. The maximum absolute atomic E-state index is 14.1. The Morgan fingerprint density at radius 1 is 1.35 bits per heavy atom. The Balaban J connectivity index is 1.98. The summed E-state index contributed by atoms with van der Waals surface area (Å²) in [6.07, 6.45) is 2.13. The number of aromatic amines is 1. The summed E-state index contributed by atoms with van der Waals surface area (Å²) in [5, 5.41) is 1.17. The van der Waals surface area contributed by atoms with Crippen molar-refractivity contribution in [3.05, 3.63) is 36.0 Å². The predicted octanol–water partition coefficient (Wildman–Crippen LogP) is 2.93. The van der Waals surface area contributed by atoms with Crippen LogP contribution in [0.5, 0.6) is 0 Å². The number of hydrogen-bond acceptors (Lipinski definition) is 1. The Kier molecular flexibility index (Phi) is 2.63. The zero-order valence-corrected chi connectivity index (χ0v) is 9.99. The summed E-state index contributed by atoms with van der Waals surface area (Å²) in [6.45, 7) is 1.52. The smallest absolute Gasteiger partial charge is 0.120 e. The number of fused-ring (bicyclic) bond motifs is 1. The van der Waals surface area contributed by atoms with Gasteiger partial charge in [-0.1, -0.05) is 18.2 Å². The van der Waals surface area contributed by atoms with Gasteiger partial charge in [-0.05, 0) is 31.6 Å². The first-order valence-electron chi connectivity index (χ1n) is 6.14. The minimum Gasteiger partial charge on any atom is -0.361 e. The van der Waals surface area contributed by atoms with Crippen molar-refractivity contribution >= 4 is 10.9 Å². The molecule has 0 bridgehead atoms. The van der Waals surface area contributed by atoms with Crippen molar-refractivity contribution in [1.82, 2.24) is 9.88 Å². The monoisotopic (exact) mass is 232 g/mol. The van der Waals surface area contributed by atoms with Crippen molar-refractivity contribution in [1.29, 1.82) is 0 Å². The van der Waals surface area contributed by atoms with E-state index < -0.39 is 6.17 Å². The average molecular weight is 232 g/mol. The van der Waals surface area contributed by atoms with E-state index in [1.165, 1.54) is 5.39 Å². The summed E-state index contributed by atoms with van der Waals surface area (Å²) >= 11 is 0. The molecule has 1 saturated heterocycles. The van der Waals surface area contributed by atoms with Gasteiger partial charge in [0.25, 0.3) is 0 Å². The van der Waals surface area contributed by atoms with Crippen LogP contribution in [0.15, 0.2) is 30.5 Å². The molecule has 0 spiro atoms. The van der Waals surface area contributed by atoms with Gasteiger partial charge in [0.1, 0.15) is 6.17 Å². The lowest BCUT2D eigenvalue weighted by molar-refractivity contribution is 0.140. The maximum Gasteiger partial charge on any atom is 0.120 e. The number of rotatable bonds is 1. The van der Waals surface area contributed by atoms with Gasteiger partial charge in [-0.15, -0.1) is 0 Å². The fourth-order valence-electron chi connectivity index (χ4n) is 2.81. The van der Waals surface area contributed by atoms with Crippen LogP contribution in [-0.4, -0.2) is 36.2 Å². The summed E-state index contributed by atoms with van der Waals surface area (Å²) in [7, 11) is 1.98. The van der Waals surface area contributed by atoms with Crippen LogP contribution in [0.1, 0.15) is 17.9 Å². The molecule has 1 N–H and O–H groups in total. The quantitative estimate of drug-likeness (QED) is 0.801. The van der Waals surface area contributed by atoms with Gasteiger partial charge in [0.05, 0.1) is 0 Å². The zero-order valence-electron chi connectivity index (χ0n) is 9.99. The molecule has 2 unspecified atom stereocenters. The molecular weight excluding hydrogens is 215 g/mol. The van der Waals surface area contributed by atoms with Gasteiger partial charge in [-0.3, -0.25) is 0 Å². The number of likely N-dealkylation sites (tertiary alicyclic amines) is 1. The summed E-state index contributed by atoms with van der Waals surface area (Å²) in [4.78, 5) is 5.30. The van der Waals surface area contributed by atoms with E-state index in [2.05, 4.69) is 16.0 Å². The fraction of sp³-hybridized carbons (Fsp3) is 0.429. The minimum absolute atomic E-state index is 0.0438. The highest BCUT2D eigenvalue weighted by molar-refractivity contribution is 5.83. The maximum atomic E-state index is 14.1. The van der Waals surface area contributed by atoms with E-state index in [1.54, 1.807) is 0 Å².